The van der Waals surface area contributed by atoms with Crippen LogP contribution >= 0.6 is 0 Å². The number of hydrogen-bond acceptors (Lipinski definition) is 4. The normalized spacial score (nSPS) is 11.8. The van der Waals surface area contributed by atoms with Gasteiger partial charge in [-0.15, -0.1) is 0 Å². The quantitative estimate of drug-likeness (QED) is 0.693. The Labute approximate surface area is 157 Å². The lowest BCUT2D eigenvalue weighted by molar-refractivity contribution is -0.0498. The third kappa shape index (κ3) is 5.84. The van der Waals surface area contributed by atoms with Crippen LogP contribution in [0.5, 0.6) is 17.2 Å². The maximum absolute atomic E-state index is 12.4. The summed E-state index contributed by atoms with van der Waals surface area (Å²) in [6, 6.07) is 10.7. The number of benzene rings is 2. The van der Waals surface area contributed by atoms with Gasteiger partial charge in [0, 0.05) is 5.56 Å². The molecule has 1 atom stereocenters. The van der Waals surface area contributed by atoms with Crippen molar-refractivity contribution in [3.8, 4) is 17.2 Å². The van der Waals surface area contributed by atoms with Crippen LogP contribution in [0.25, 0.3) is 0 Å². The highest BCUT2D eigenvalue weighted by atomic mass is 19.3. The maximum atomic E-state index is 12.4. The first-order valence-corrected chi connectivity index (χ1v) is 8.69. The standard InChI is InChI=1S/C20H23F2NO4/c1-4-25-17-11-8-15(12-18(17)26-5-2)13(3)23-19(24)14-6-9-16(10-7-14)27-20(21)22/h6-13,20H,4-5H2,1-3H3,(H,23,24). The Hall–Kier alpha value is -2.83. The van der Waals surface area contributed by atoms with Crippen molar-refractivity contribution >= 4 is 5.91 Å². The minimum Gasteiger partial charge on any atom is -0.490 e. The number of alkyl halides is 2. The van der Waals surface area contributed by atoms with Gasteiger partial charge in [-0.2, -0.15) is 8.78 Å². The number of hydrogen-bond donors (Lipinski definition) is 1. The van der Waals surface area contributed by atoms with Crippen LogP contribution in [0.3, 0.4) is 0 Å². The molecular weight excluding hydrogens is 356 g/mol. The second-order valence-corrected chi connectivity index (χ2v) is 5.67. The van der Waals surface area contributed by atoms with E-state index in [2.05, 4.69) is 10.1 Å². The Morgan fingerprint density at radius 1 is 1.00 bits per heavy atom. The van der Waals surface area contributed by atoms with E-state index in [9.17, 15) is 13.6 Å². The van der Waals surface area contributed by atoms with Crippen LogP contribution in [0.4, 0.5) is 8.78 Å². The Bertz CT molecular complexity index is 750. The van der Waals surface area contributed by atoms with Crippen LogP contribution < -0.4 is 19.5 Å². The molecule has 146 valence electrons. The predicted octanol–water partition coefficient (Wildman–Crippen LogP) is 4.58. The molecule has 27 heavy (non-hydrogen) atoms. The van der Waals surface area contributed by atoms with Gasteiger partial charge in [0.2, 0.25) is 0 Å². The highest BCUT2D eigenvalue weighted by molar-refractivity contribution is 5.94. The minimum absolute atomic E-state index is 0.00228. The summed E-state index contributed by atoms with van der Waals surface area (Å²) in [7, 11) is 0. The number of halogens is 2. The molecule has 1 unspecified atom stereocenters. The summed E-state index contributed by atoms with van der Waals surface area (Å²) in [5, 5.41) is 2.87. The molecule has 0 radical (unpaired) electrons. The molecule has 0 saturated carbocycles. The predicted molar refractivity (Wildman–Crippen MR) is 97.7 cm³/mol. The van der Waals surface area contributed by atoms with Crippen LogP contribution in [-0.4, -0.2) is 25.7 Å². The van der Waals surface area contributed by atoms with Gasteiger partial charge in [0.05, 0.1) is 19.3 Å². The Kier molecular flexibility index (Phi) is 7.40. The molecular formula is C20H23F2NO4. The van der Waals surface area contributed by atoms with E-state index in [1.54, 1.807) is 0 Å². The van der Waals surface area contributed by atoms with Gasteiger partial charge in [-0.05, 0) is 62.7 Å². The molecule has 0 spiro atoms. The summed E-state index contributed by atoms with van der Waals surface area (Å²) >= 11 is 0. The number of amides is 1. The van der Waals surface area contributed by atoms with Crippen LogP contribution in [0.1, 0.15) is 42.7 Å². The van der Waals surface area contributed by atoms with Crippen molar-refractivity contribution < 1.29 is 27.8 Å². The third-order valence-corrected chi connectivity index (χ3v) is 3.76. The number of carbonyl (C=O) groups is 1. The summed E-state index contributed by atoms with van der Waals surface area (Å²) in [4.78, 5) is 12.4. The lowest BCUT2D eigenvalue weighted by Crippen LogP contribution is -2.26. The molecule has 5 nitrogen and oxygen atoms in total. The molecule has 0 aliphatic heterocycles. The number of ether oxygens (including phenoxy) is 3. The molecule has 1 amide bonds. The number of rotatable bonds is 9. The van der Waals surface area contributed by atoms with Gasteiger partial charge in [0.1, 0.15) is 5.75 Å². The second kappa shape index (κ2) is 9.75. The largest absolute Gasteiger partial charge is 0.490 e. The molecule has 1 N–H and O–H groups in total. The van der Waals surface area contributed by atoms with E-state index in [1.807, 2.05) is 39.0 Å². The van der Waals surface area contributed by atoms with Crippen LogP contribution in [0, 0.1) is 0 Å². The fourth-order valence-electron chi connectivity index (χ4n) is 2.49. The van der Waals surface area contributed by atoms with Gasteiger partial charge >= 0.3 is 6.61 Å². The first kappa shape index (κ1) is 20.5. The van der Waals surface area contributed by atoms with E-state index >= 15 is 0 Å². The number of carbonyl (C=O) groups excluding carboxylic acids is 1. The fourth-order valence-corrected chi connectivity index (χ4v) is 2.49. The maximum Gasteiger partial charge on any atom is 0.387 e. The summed E-state index contributed by atoms with van der Waals surface area (Å²) in [5.41, 5.74) is 1.20. The zero-order valence-electron chi connectivity index (χ0n) is 15.5. The molecule has 2 aromatic carbocycles. The monoisotopic (exact) mass is 379 g/mol. The van der Waals surface area contributed by atoms with Crippen LogP contribution in [0.2, 0.25) is 0 Å². The Morgan fingerprint density at radius 2 is 1.63 bits per heavy atom. The van der Waals surface area contributed by atoms with E-state index < -0.39 is 6.61 Å². The average Bonchev–Trinajstić information content (AvgIpc) is 2.63. The van der Waals surface area contributed by atoms with Gasteiger partial charge in [-0.3, -0.25) is 4.79 Å². The molecule has 2 rings (SSSR count). The summed E-state index contributed by atoms with van der Waals surface area (Å²) in [5.74, 6) is 0.947. The highest BCUT2D eigenvalue weighted by Crippen LogP contribution is 2.30. The van der Waals surface area contributed by atoms with Crippen molar-refractivity contribution in [2.45, 2.75) is 33.4 Å². The van der Waals surface area contributed by atoms with Crippen molar-refractivity contribution in [3.05, 3.63) is 53.6 Å². The van der Waals surface area contributed by atoms with Crippen LogP contribution in [-0.2, 0) is 0 Å². The SMILES string of the molecule is CCOc1ccc(C(C)NC(=O)c2ccc(OC(F)F)cc2)cc1OCC. The third-order valence-electron chi connectivity index (χ3n) is 3.76. The molecule has 0 saturated heterocycles. The zero-order chi connectivity index (χ0) is 19.8. The zero-order valence-corrected chi connectivity index (χ0v) is 15.5. The van der Waals surface area contributed by atoms with Crippen molar-refractivity contribution in [3.63, 3.8) is 0 Å². The van der Waals surface area contributed by atoms with Crippen molar-refractivity contribution in [1.82, 2.24) is 5.32 Å². The molecule has 0 bridgehead atoms. The van der Waals surface area contributed by atoms with E-state index in [0.29, 0.717) is 30.3 Å². The summed E-state index contributed by atoms with van der Waals surface area (Å²) < 4.78 is 39.8. The number of nitrogens with one attached hydrogen (secondary N) is 1. The second-order valence-electron chi connectivity index (χ2n) is 5.67. The van der Waals surface area contributed by atoms with Gasteiger partial charge in [-0.1, -0.05) is 6.07 Å². The Morgan fingerprint density at radius 3 is 2.22 bits per heavy atom. The highest BCUT2D eigenvalue weighted by Gasteiger charge is 2.15. The first-order chi connectivity index (χ1) is 12.9. The fraction of sp³-hybridized carbons (Fsp3) is 0.350. The van der Waals surface area contributed by atoms with Crippen molar-refractivity contribution in [1.29, 1.82) is 0 Å². The van der Waals surface area contributed by atoms with E-state index in [4.69, 9.17) is 9.47 Å². The average molecular weight is 379 g/mol. The summed E-state index contributed by atoms with van der Waals surface area (Å²) in [6.45, 7) is 3.74. The molecule has 0 fully saturated rings. The Balaban J connectivity index is 2.08. The van der Waals surface area contributed by atoms with E-state index in [1.165, 1.54) is 24.3 Å². The molecule has 0 heterocycles. The lowest BCUT2D eigenvalue weighted by Gasteiger charge is -2.17. The molecule has 0 aliphatic carbocycles. The van der Waals surface area contributed by atoms with Gasteiger partial charge in [0.15, 0.2) is 11.5 Å². The smallest absolute Gasteiger partial charge is 0.387 e. The molecule has 2 aromatic rings. The van der Waals surface area contributed by atoms with Crippen LogP contribution in [0.15, 0.2) is 42.5 Å². The topological polar surface area (TPSA) is 56.8 Å². The lowest BCUT2D eigenvalue weighted by atomic mass is 10.1. The van der Waals surface area contributed by atoms with Gasteiger partial charge in [0.25, 0.3) is 5.91 Å². The first-order valence-electron chi connectivity index (χ1n) is 8.69. The molecule has 7 heteroatoms. The molecule has 0 aromatic heterocycles. The molecule has 0 aliphatic rings. The van der Waals surface area contributed by atoms with Crippen molar-refractivity contribution in [2.24, 2.45) is 0 Å². The van der Waals surface area contributed by atoms with Gasteiger partial charge < -0.3 is 19.5 Å². The summed E-state index contributed by atoms with van der Waals surface area (Å²) in [6.07, 6.45) is 0. The van der Waals surface area contributed by atoms with Crippen molar-refractivity contribution in [2.75, 3.05) is 13.2 Å². The van der Waals surface area contributed by atoms with E-state index in [-0.39, 0.29) is 17.7 Å². The van der Waals surface area contributed by atoms with Gasteiger partial charge in [-0.25, -0.2) is 0 Å². The van der Waals surface area contributed by atoms with E-state index in [0.717, 1.165) is 5.56 Å². The minimum atomic E-state index is -2.90.